The minimum absolute atomic E-state index is 0.223. The minimum atomic E-state index is 0.223. The third kappa shape index (κ3) is 3.62. The number of hydrogen-bond acceptors (Lipinski definition) is 2. The van der Waals surface area contributed by atoms with Gasteiger partial charge in [0.05, 0.1) is 6.54 Å². The van der Waals surface area contributed by atoms with Gasteiger partial charge < -0.3 is 15.5 Å². The van der Waals surface area contributed by atoms with Crippen molar-refractivity contribution in [2.45, 2.75) is 44.6 Å². The summed E-state index contributed by atoms with van der Waals surface area (Å²) in [4.78, 5) is 20.2. The highest BCUT2D eigenvalue weighted by molar-refractivity contribution is 5.80. The molecule has 1 amide bonds. The molecule has 0 aromatic rings. The number of carbonyl (C=O) groups excluding carboxylic acids is 1. The van der Waals surface area contributed by atoms with Gasteiger partial charge in [0.15, 0.2) is 5.96 Å². The number of nitrogens with two attached hydrogens (primary N) is 1. The Morgan fingerprint density at radius 3 is 2.61 bits per heavy atom. The first-order valence-electron chi connectivity index (χ1n) is 6.99. The lowest BCUT2D eigenvalue weighted by atomic mass is 10.1. The van der Waals surface area contributed by atoms with Crippen molar-refractivity contribution in [3.05, 3.63) is 0 Å². The van der Waals surface area contributed by atoms with E-state index >= 15 is 0 Å². The number of nitrogens with zero attached hydrogens (tertiary/aromatic N) is 3. The summed E-state index contributed by atoms with van der Waals surface area (Å²) in [6.45, 7) is 2.35. The van der Waals surface area contributed by atoms with Crippen LogP contribution in [0.15, 0.2) is 4.99 Å². The molecule has 0 aromatic carbocycles. The van der Waals surface area contributed by atoms with Gasteiger partial charge in [0.25, 0.3) is 0 Å². The number of piperidine rings is 1. The zero-order valence-corrected chi connectivity index (χ0v) is 11.3. The van der Waals surface area contributed by atoms with E-state index in [1.54, 1.807) is 0 Å². The Morgan fingerprint density at radius 1 is 1.33 bits per heavy atom. The molecule has 2 aliphatic rings. The van der Waals surface area contributed by atoms with Crippen LogP contribution in [0.5, 0.6) is 0 Å². The van der Waals surface area contributed by atoms with Crippen molar-refractivity contribution in [3.63, 3.8) is 0 Å². The van der Waals surface area contributed by atoms with E-state index in [9.17, 15) is 4.79 Å². The molecule has 18 heavy (non-hydrogen) atoms. The predicted octanol–water partition coefficient (Wildman–Crippen LogP) is 0.798. The zero-order chi connectivity index (χ0) is 13.0. The van der Waals surface area contributed by atoms with Crippen LogP contribution in [-0.4, -0.2) is 54.4 Å². The van der Waals surface area contributed by atoms with Crippen molar-refractivity contribution in [2.24, 2.45) is 10.7 Å². The van der Waals surface area contributed by atoms with Crippen molar-refractivity contribution in [1.82, 2.24) is 9.80 Å². The number of aliphatic imine (C=N–C) groups is 1. The van der Waals surface area contributed by atoms with Gasteiger partial charge in [-0.15, -0.1) is 0 Å². The van der Waals surface area contributed by atoms with E-state index in [4.69, 9.17) is 5.73 Å². The number of likely N-dealkylation sites (tertiary alicyclic amines) is 1. The summed E-state index contributed by atoms with van der Waals surface area (Å²) in [6, 6.07) is 0.576. The number of rotatable bonds is 4. The molecule has 5 heteroatoms. The van der Waals surface area contributed by atoms with Crippen molar-refractivity contribution in [2.75, 3.05) is 26.7 Å². The minimum Gasteiger partial charge on any atom is -0.370 e. The summed E-state index contributed by atoms with van der Waals surface area (Å²) in [5.74, 6) is 0.796. The molecule has 1 saturated carbocycles. The summed E-state index contributed by atoms with van der Waals surface area (Å²) in [5, 5.41) is 0. The first-order valence-corrected chi connectivity index (χ1v) is 6.99. The van der Waals surface area contributed by atoms with Gasteiger partial charge >= 0.3 is 0 Å². The molecule has 1 aliphatic heterocycles. The van der Waals surface area contributed by atoms with Gasteiger partial charge in [0, 0.05) is 32.6 Å². The fourth-order valence-electron chi connectivity index (χ4n) is 2.33. The maximum atomic E-state index is 11.9. The van der Waals surface area contributed by atoms with E-state index < -0.39 is 0 Å². The lowest BCUT2D eigenvalue weighted by Crippen LogP contribution is -2.37. The van der Waals surface area contributed by atoms with E-state index in [-0.39, 0.29) is 5.91 Å². The van der Waals surface area contributed by atoms with E-state index in [0.29, 0.717) is 25.0 Å². The molecular weight excluding hydrogens is 228 g/mol. The van der Waals surface area contributed by atoms with Crippen LogP contribution in [-0.2, 0) is 4.79 Å². The average molecular weight is 252 g/mol. The van der Waals surface area contributed by atoms with Gasteiger partial charge in [-0.1, -0.05) is 0 Å². The molecule has 0 atom stereocenters. The SMILES string of the molecule is CN(C(N)=NCCC(=O)N1CCCCC1)C1CC1. The second-order valence-corrected chi connectivity index (χ2v) is 5.27. The Morgan fingerprint density at radius 2 is 2.00 bits per heavy atom. The molecule has 1 aliphatic carbocycles. The predicted molar refractivity (Wildman–Crippen MR) is 72.3 cm³/mol. The molecule has 0 bridgehead atoms. The Kier molecular flexibility index (Phi) is 4.44. The quantitative estimate of drug-likeness (QED) is 0.594. The zero-order valence-electron chi connectivity index (χ0n) is 11.3. The van der Waals surface area contributed by atoms with Gasteiger partial charge in [0.1, 0.15) is 0 Å². The largest absolute Gasteiger partial charge is 0.370 e. The molecule has 1 heterocycles. The van der Waals surface area contributed by atoms with Crippen molar-refractivity contribution in [1.29, 1.82) is 0 Å². The first-order chi connectivity index (χ1) is 8.68. The third-order valence-corrected chi connectivity index (χ3v) is 3.76. The second kappa shape index (κ2) is 6.07. The molecule has 5 nitrogen and oxygen atoms in total. The molecule has 1 saturated heterocycles. The van der Waals surface area contributed by atoms with Gasteiger partial charge in [-0.05, 0) is 32.1 Å². The standard InChI is InChI=1S/C13H24N4O/c1-16(11-5-6-11)13(14)15-8-7-12(18)17-9-3-2-4-10-17/h11H,2-10H2,1H3,(H2,14,15). The molecule has 0 unspecified atom stereocenters. The van der Waals surface area contributed by atoms with E-state index in [1.165, 1.54) is 19.3 Å². The summed E-state index contributed by atoms with van der Waals surface area (Å²) in [5.41, 5.74) is 5.87. The number of carbonyl (C=O) groups is 1. The van der Waals surface area contributed by atoms with Crippen molar-refractivity contribution >= 4 is 11.9 Å². The summed E-state index contributed by atoms with van der Waals surface area (Å²) in [7, 11) is 1.98. The van der Waals surface area contributed by atoms with E-state index in [2.05, 4.69) is 4.99 Å². The van der Waals surface area contributed by atoms with Gasteiger partial charge in [-0.25, -0.2) is 0 Å². The van der Waals surface area contributed by atoms with E-state index in [1.807, 2.05) is 16.8 Å². The molecular formula is C13H24N4O. The van der Waals surface area contributed by atoms with Crippen molar-refractivity contribution < 1.29 is 4.79 Å². The van der Waals surface area contributed by atoms with Crippen LogP contribution in [0.4, 0.5) is 0 Å². The van der Waals surface area contributed by atoms with Gasteiger partial charge in [-0.3, -0.25) is 9.79 Å². The molecule has 0 aromatic heterocycles. The summed E-state index contributed by atoms with van der Waals surface area (Å²) < 4.78 is 0. The first kappa shape index (κ1) is 13.2. The lowest BCUT2D eigenvalue weighted by molar-refractivity contribution is -0.131. The fourth-order valence-corrected chi connectivity index (χ4v) is 2.33. The highest BCUT2D eigenvalue weighted by Gasteiger charge is 2.27. The van der Waals surface area contributed by atoms with Gasteiger partial charge in [0.2, 0.25) is 5.91 Å². The van der Waals surface area contributed by atoms with Crippen LogP contribution >= 0.6 is 0 Å². The molecule has 0 spiro atoms. The maximum absolute atomic E-state index is 11.9. The average Bonchev–Trinajstić information content (AvgIpc) is 3.23. The van der Waals surface area contributed by atoms with Crippen LogP contribution in [0.1, 0.15) is 38.5 Å². The topological polar surface area (TPSA) is 61.9 Å². The highest BCUT2D eigenvalue weighted by atomic mass is 16.2. The Balaban J connectivity index is 1.70. The Labute approximate surface area is 109 Å². The summed E-state index contributed by atoms with van der Waals surface area (Å²) in [6.07, 6.45) is 6.43. The highest BCUT2D eigenvalue weighted by Crippen LogP contribution is 2.24. The number of guanidine groups is 1. The van der Waals surface area contributed by atoms with E-state index in [0.717, 1.165) is 25.9 Å². The second-order valence-electron chi connectivity index (χ2n) is 5.27. The molecule has 2 rings (SSSR count). The lowest BCUT2D eigenvalue weighted by Gasteiger charge is -2.26. The third-order valence-electron chi connectivity index (χ3n) is 3.76. The molecule has 2 N–H and O–H groups in total. The van der Waals surface area contributed by atoms with Crippen LogP contribution in [0.3, 0.4) is 0 Å². The number of amides is 1. The van der Waals surface area contributed by atoms with Crippen LogP contribution in [0.25, 0.3) is 0 Å². The van der Waals surface area contributed by atoms with Crippen LogP contribution in [0, 0.1) is 0 Å². The molecule has 0 radical (unpaired) electrons. The Hall–Kier alpha value is -1.26. The maximum Gasteiger partial charge on any atom is 0.224 e. The normalized spacial score (nSPS) is 20.9. The number of hydrogen-bond donors (Lipinski definition) is 1. The molecule has 102 valence electrons. The fraction of sp³-hybridized carbons (Fsp3) is 0.846. The van der Waals surface area contributed by atoms with Gasteiger partial charge in [-0.2, -0.15) is 0 Å². The Bertz CT molecular complexity index is 319. The van der Waals surface area contributed by atoms with Crippen LogP contribution < -0.4 is 5.73 Å². The monoisotopic (exact) mass is 252 g/mol. The smallest absolute Gasteiger partial charge is 0.224 e. The van der Waals surface area contributed by atoms with Crippen LogP contribution in [0.2, 0.25) is 0 Å². The van der Waals surface area contributed by atoms with Crippen molar-refractivity contribution in [3.8, 4) is 0 Å². The molecule has 2 fully saturated rings. The summed E-state index contributed by atoms with van der Waals surface area (Å²) >= 11 is 0.